The highest BCUT2D eigenvalue weighted by Gasteiger charge is 2.52. The summed E-state index contributed by atoms with van der Waals surface area (Å²) < 4.78 is 18.6. The zero-order chi connectivity index (χ0) is 18.0. The van der Waals surface area contributed by atoms with Crippen LogP contribution in [0.25, 0.3) is 0 Å². The maximum Gasteiger partial charge on any atom is 0.254 e. The third-order valence-corrected chi connectivity index (χ3v) is 5.41. The quantitative estimate of drug-likeness (QED) is 0.839. The lowest BCUT2D eigenvalue weighted by Gasteiger charge is -2.44. The Hall–Kier alpha value is -1.95. The standard InChI is InChI=1S/C19H25FN2O3/c1-14-13-15(5-6-16(14)20)17(23)22-10-4-8-19(22)7-3-9-21(18(19)24)11-12-25-2/h5-6,13H,3-4,7-12H2,1-2H3. The number of hydrogen-bond donors (Lipinski definition) is 0. The third kappa shape index (κ3) is 3.15. The van der Waals surface area contributed by atoms with Crippen molar-refractivity contribution in [2.45, 2.75) is 38.1 Å². The van der Waals surface area contributed by atoms with Gasteiger partial charge in [-0.25, -0.2) is 4.39 Å². The van der Waals surface area contributed by atoms with Gasteiger partial charge < -0.3 is 14.5 Å². The molecule has 2 heterocycles. The van der Waals surface area contributed by atoms with Gasteiger partial charge >= 0.3 is 0 Å². The van der Waals surface area contributed by atoms with E-state index in [2.05, 4.69) is 0 Å². The third-order valence-electron chi connectivity index (χ3n) is 5.41. The highest BCUT2D eigenvalue weighted by Crippen LogP contribution is 2.39. The molecule has 6 heteroatoms. The van der Waals surface area contributed by atoms with Crippen molar-refractivity contribution < 1.29 is 18.7 Å². The van der Waals surface area contributed by atoms with E-state index >= 15 is 0 Å². The molecule has 1 atom stereocenters. The Kier molecular flexibility index (Phi) is 5.08. The number of nitrogens with zero attached hydrogens (tertiary/aromatic N) is 2. The minimum Gasteiger partial charge on any atom is -0.383 e. The zero-order valence-electron chi connectivity index (χ0n) is 14.9. The lowest BCUT2D eigenvalue weighted by molar-refractivity contribution is -0.146. The smallest absolute Gasteiger partial charge is 0.254 e. The second kappa shape index (κ2) is 7.12. The number of halogens is 1. The number of rotatable bonds is 4. The van der Waals surface area contributed by atoms with Crippen LogP contribution < -0.4 is 0 Å². The van der Waals surface area contributed by atoms with Crippen molar-refractivity contribution in [2.24, 2.45) is 0 Å². The molecule has 3 rings (SSSR count). The van der Waals surface area contributed by atoms with Gasteiger partial charge in [0.1, 0.15) is 11.4 Å². The minimum absolute atomic E-state index is 0.0282. The fourth-order valence-corrected chi connectivity index (χ4v) is 4.07. The molecule has 2 saturated heterocycles. The molecule has 5 nitrogen and oxygen atoms in total. The van der Waals surface area contributed by atoms with Gasteiger partial charge in [0.05, 0.1) is 6.61 Å². The largest absolute Gasteiger partial charge is 0.383 e. The molecule has 25 heavy (non-hydrogen) atoms. The Bertz CT molecular complexity index is 679. The van der Waals surface area contributed by atoms with E-state index in [0.29, 0.717) is 50.2 Å². The molecule has 2 amide bonds. The van der Waals surface area contributed by atoms with Crippen molar-refractivity contribution in [1.82, 2.24) is 9.80 Å². The van der Waals surface area contributed by atoms with Crippen LogP contribution in [-0.4, -0.2) is 60.5 Å². The number of carbonyl (C=O) groups excluding carboxylic acids is 2. The van der Waals surface area contributed by atoms with Gasteiger partial charge in [0.15, 0.2) is 0 Å². The average Bonchev–Trinajstić information content (AvgIpc) is 3.02. The van der Waals surface area contributed by atoms with Crippen LogP contribution in [0.3, 0.4) is 0 Å². The van der Waals surface area contributed by atoms with Gasteiger partial charge in [-0.1, -0.05) is 0 Å². The summed E-state index contributed by atoms with van der Waals surface area (Å²) in [6.45, 7) is 3.96. The van der Waals surface area contributed by atoms with Crippen molar-refractivity contribution in [1.29, 1.82) is 0 Å². The van der Waals surface area contributed by atoms with Crippen LogP contribution in [0.4, 0.5) is 4.39 Å². The molecule has 1 aromatic carbocycles. The summed E-state index contributed by atoms with van der Waals surface area (Å²) >= 11 is 0. The minimum atomic E-state index is -0.745. The van der Waals surface area contributed by atoms with Crippen LogP contribution in [0.1, 0.15) is 41.6 Å². The Morgan fingerprint density at radius 3 is 2.68 bits per heavy atom. The normalized spacial score (nSPS) is 23.6. The van der Waals surface area contributed by atoms with Crippen molar-refractivity contribution in [3.63, 3.8) is 0 Å². The monoisotopic (exact) mass is 348 g/mol. The first kappa shape index (κ1) is 17.9. The molecule has 2 aliphatic heterocycles. The maximum atomic E-state index is 13.5. The molecule has 0 bridgehead atoms. The number of carbonyl (C=O) groups is 2. The van der Waals surface area contributed by atoms with Crippen LogP contribution in [0, 0.1) is 12.7 Å². The van der Waals surface area contributed by atoms with E-state index in [4.69, 9.17) is 4.74 Å². The molecule has 0 radical (unpaired) electrons. The van der Waals surface area contributed by atoms with E-state index in [1.807, 2.05) is 4.90 Å². The number of ether oxygens (including phenoxy) is 1. The van der Waals surface area contributed by atoms with Gasteiger partial charge in [-0.3, -0.25) is 9.59 Å². The molecule has 0 aromatic heterocycles. The maximum absolute atomic E-state index is 13.5. The first-order valence-electron chi connectivity index (χ1n) is 8.86. The van der Waals surface area contributed by atoms with E-state index < -0.39 is 5.54 Å². The highest BCUT2D eigenvalue weighted by atomic mass is 19.1. The van der Waals surface area contributed by atoms with E-state index in [1.165, 1.54) is 12.1 Å². The van der Waals surface area contributed by atoms with Crippen LogP contribution in [0.15, 0.2) is 18.2 Å². The molecule has 1 unspecified atom stereocenters. The van der Waals surface area contributed by atoms with Gasteiger partial charge in [-0.05, 0) is 56.4 Å². The van der Waals surface area contributed by atoms with Crippen LogP contribution in [-0.2, 0) is 9.53 Å². The molecule has 0 aliphatic carbocycles. The molecule has 136 valence electrons. The van der Waals surface area contributed by atoms with Crippen molar-refractivity contribution in [3.8, 4) is 0 Å². The van der Waals surface area contributed by atoms with E-state index in [-0.39, 0.29) is 17.6 Å². The molecule has 1 spiro atoms. The van der Waals surface area contributed by atoms with Gasteiger partial charge in [0.25, 0.3) is 5.91 Å². The fraction of sp³-hybridized carbons (Fsp3) is 0.579. The Balaban J connectivity index is 1.86. The number of benzene rings is 1. The Morgan fingerprint density at radius 1 is 1.28 bits per heavy atom. The van der Waals surface area contributed by atoms with E-state index in [0.717, 1.165) is 12.8 Å². The highest BCUT2D eigenvalue weighted by molar-refractivity contribution is 6.00. The van der Waals surface area contributed by atoms with Crippen LogP contribution in [0.2, 0.25) is 0 Å². The van der Waals surface area contributed by atoms with Crippen molar-refractivity contribution in [2.75, 3.05) is 33.4 Å². The second-order valence-electron chi connectivity index (χ2n) is 6.94. The first-order valence-corrected chi connectivity index (χ1v) is 8.86. The first-order chi connectivity index (χ1) is 12.0. The summed E-state index contributed by atoms with van der Waals surface area (Å²) in [6.07, 6.45) is 3.08. The number of methoxy groups -OCH3 is 1. The van der Waals surface area contributed by atoms with E-state index in [1.54, 1.807) is 25.0 Å². The number of amides is 2. The molecule has 1 aromatic rings. The lowest BCUT2D eigenvalue weighted by Crippen LogP contribution is -2.61. The number of aryl methyl sites for hydroxylation is 1. The summed E-state index contributed by atoms with van der Waals surface area (Å²) in [5.74, 6) is -0.477. The SMILES string of the molecule is COCCN1CCCC2(CCCN2C(=O)c2ccc(F)c(C)c2)C1=O. The number of hydrogen-bond acceptors (Lipinski definition) is 3. The van der Waals surface area contributed by atoms with Gasteiger partial charge in [0.2, 0.25) is 5.91 Å². The van der Waals surface area contributed by atoms with Crippen molar-refractivity contribution >= 4 is 11.8 Å². The van der Waals surface area contributed by atoms with Crippen LogP contribution in [0.5, 0.6) is 0 Å². The summed E-state index contributed by atoms with van der Waals surface area (Å²) in [5.41, 5.74) is 0.142. The Labute approximate surface area is 147 Å². The molecule has 2 aliphatic rings. The Morgan fingerprint density at radius 2 is 2.00 bits per heavy atom. The topological polar surface area (TPSA) is 49.9 Å². The summed E-state index contributed by atoms with van der Waals surface area (Å²) in [7, 11) is 1.62. The van der Waals surface area contributed by atoms with E-state index in [9.17, 15) is 14.0 Å². The van der Waals surface area contributed by atoms with Crippen LogP contribution >= 0.6 is 0 Å². The predicted molar refractivity (Wildman–Crippen MR) is 91.8 cm³/mol. The second-order valence-corrected chi connectivity index (χ2v) is 6.94. The van der Waals surface area contributed by atoms with Gasteiger partial charge in [-0.15, -0.1) is 0 Å². The summed E-state index contributed by atoms with van der Waals surface area (Å²) in [4.78, 5) is 29.7. The molecule has 2 fully saturated rings. The average molecular weight is 348 g/mol. The lowest BCUT2D eigenvalue weighted by atomic mass is 9.85. The number of likely N-dealkylation sites (tertiary alicyclic amines) is 2. The van der Waals surface area contributed by atoms with Gasteiger partial charge in [-0.2, -0.15) is 0 Å². The summed E-state index contributed by atoms with van der Waals surface area (Å²) in [6, 6.07) is 4.39. The molecule has 0 saturated carbocycles. The fourth-order valence-electron chi connectivity index (χ4n) is 4.07. The molecular formula is C19H25FN2O3. The molecule has 0 N–H and O–H groups in total. The summed E-state index contributed by atoms with van der Waals surface area (Å²) in [5, 5.41) is 0. The predicted octanol–water partition coefficient (Wildman–Crippen LogP) is 2.38. The zero-order valence-corrected chi connectivity index (χ0v) is 14.9. The van der Waals surface area contributed by atoms with Crippen molar-refractivity contribution in [3.05, 3.63) is 35.1 Å². The molecular weight excluding hydrogens is 323 g/mol. The van der Waals surface area contributed by atoms with Gasteiger partial charge in [0, 0.05) is 32.3 Å². The number of piperidine rings is 1.